The smallest absolute Gasteiger partial charge is 0.191 e. The normalized spacial score (nSPS) is 18.0. The van der Waals surface area contributed by atoms with Gasteiger partial charge in [-0.25, -0.2) is 0 Å². The van der Waals surface area contributed by atoms with Crippen molar-refractivity contribution < 1.29 is 9.47 Å². The largest absolute Gasteiger partial charge is 0.379 e. The molecule has 1 unspecified atom stereocenters. The van der Waals surface area contributed by atoms with Crippen molar-refractivity contribution >= 4 is 5.96 Å². The van der Waals surface area contributed by atoms with E-state index in [9.17, 15) is 0 Å². The van der Waals surface area contributed by atoms with E-state index in [1.165, 1.54) is 30.5 Å². The lowest BCUT2D eigenvalue weighted by atomic mass is 10.1. The second-order valence-electron chi connectivity index (χ2n) is 6.80. The highest BCUT2D eigenvalue weighted by molar-refractivity contribution is 5.79. The molecule has 6 nitrogen and oxygen atoms in total. The van der Waals surface area contributed by atoms with Crippen molar-refractivity contribution in [3.8, 4) is 0 Å². The molecule has 1 fully saturated rings. The maximum Gasteiger partial charge on any atom is 0.191 e. The van der Waals surface area contributed by atoms with Crippen molar-refractivity contribution in [3.63, 3.8) is 0 Å². The van der Waals surface area contributed by atoms with Crippen LogP contribution in [-0.4, -0.2) is 63.4 Å². The Bertz CT molecular complexity index is 565. The number of guanidine groups is 1. The number of aliphatic imine (C=N–C) groups is 1. The molecule has 0 aliphatic carbocycles. The van der Waals surface area contributed by atoms with Crippen molar-refractivity contribution in [2.45, 2.75) is 45.9 Å². The molecule has 1 aromatic rings. The Morgan fingerprint density at radius 1 is 1.19 bits per heavy atom. The average Bonchev–Trinajstić information content (AvgIpc) is 3.16. The molecule has 1 heterocycles. The number of nitrogens with one attached hydrogen (secondary N) is 2. The quantitative estimate of drug-likeness (QED) is 0.353. The van der Waals surface area contributed by atoms with E-state index in [2.05, 4.69) is 51.7 Å². The van der Waals surface area contributed by atoms with Gasteiger partial charge in [0.1, 0.15) is 0 Å². The number of likely N-dealkylation sites (N-methyl/N-ethyl adjacent to an activating group) is 1. The van der Waals surface area contributed by atoms with Crippen LogP contribution in [0.1, 0.15) is 37.8 Å². The average molecular weight is 377 g/mol. The summed E-state index contributed by atoms with van der Waals surface area (Å²) >= 11 is 0. The first-order valence-corrected chi connectivity index (χ1v) is 10.2. The van der Waals surface area contributed by atoms with Gasteiger partial charge in [-0.1, -0.05) is 31.2 Å². The van der Waals surface area contributed by atoms with Gasteiger partial charge in [-0.15, -0.1) is 0 Å². The minimum Gasteiger partial charge on any atom is -0.379 e. The summed E-state index contributed by atoms with van der Waals surface area (Å²) in [6.07, 6.45) is 2.56. The minimum atomic E-state index is 0.614. The molecule has 0 bridgehead atoms. The zero-order valence-corrected chi connectivity index (χ0v) is 17.2. The van der Waals surface area contributed by atoms with Gasteiger partial charge in [0.2, 0.25) is 0 Å². The van der Waals surface area contributed by atoms with E-state index in [1.807, 2.05) is 14.0 Å². The monoisotopic (exact) mass is 376 g/mol. The number of ether oxygens (including phenoxy) is 2. The standard InChI is InChI=1S/C21H36N4O2/c1-4-25-11-7-10-20(25)16-24-21(22-3)23-15-18-8-6-9-19(14-18)17-27-13-12-26-5-2/h6,8-9,14,20H,4-5,7,10-13,15-17H2,1-3H3,(H2,22,23,24). The lowest BCUT2D eigenvalue weighted by Crippen LogP contribution is -2.44. The highest BCUT2D eigenvalue weighted by atomic mass is 16.5. The summed E-state index contributed by atoms with van der Waals surface area (Å²) in [4.78, 5) is 6.89. The molecule has 0 amide bonds. The molecule has 1 saturated heterocycles. The first kappa shape index (κ1) is 21.7. The van der Waals surface area contributed by atoms with Gasteiger partial charge in [0.15, 0.2) is 5.96 Å². The SMILES string of the molecule is CCOCCOCc1cccc(CNC(=NC)NCC2CCCN2CC)c1. The van der Waals surface area contributed by atoms with Crippen molar-refractivity contribution in [1.82, 2.24) is 15.5 Å². The van der Waals surface area contributed by atoms with Crippen molar-refractivity contribution in [1.29, 1.82) is 0 Å². The molecule has 1 aliphatic heterocycles. The molecule has 0 saturated carbocycles. The molecule has 152 valence electrons. The van der Waals surface area contributed by atoms with E-state index in [0.29, 0.717) is 25.9 Å². The van der Waals surface area contributed by atoms with E-state index < -0.39 is 0 Å². The van der Waals surface area contributed by atoms with Crippen molar-refractivity contribution in [2.75, 3.05) is 46.5 Å². The molecule has 1 aromatic carbocycles. The van der Waals surface area contributed by atoms with Crippen LogP contribution in [0.25, 0.3) is 0 Å². The molecule has 27 heavy (non-hydrogen) atoms. The van der Waals surface area contributed by atoms with Crippen LogP contribution in [-0.2, 0) is 22.6 Å². The molecule has 6 heteroatoms. The summed E-state index contributed by atoms with van der Waals surface area (Å²) in [6.45, 7) is 10.9. The fraction of sp³-hybridized carbons (Fsp3) is 0.667. The van der Waals surface area contributed by atoms with Gasteiger partial charge in [-0.3, -0.25) is 9.89 Å². The minimum absolute atomic E-state index is 0.614. The van der Waals surface area contributed by atoms with E-state index >= 15 is 0 Å². The van der Waals surface area contributed by atoms with E-state index in [-0.39, 0.29) is 0 Å². The summed E-state index contributed by atoms with van der Waals surface area (Å²) in [6, 6.07) is 9.09. The highest BCUT2D eigenvalue weighted by Gasteiger charge is 2.22. The molecule has 1 aliphatic rings. The van der Waals surface area contributed by atoms with Crippen LogP contribution in [0.3, 0.4) is 0 Å². The van der Waals surface area contributed by atoms with Crippen molar-refractivity contribution in [3.05, 3.63) is 35.4 Å². The Hall–Kier alpha value is -1.63. The zero-order chi connectivity index (χ0) is 19.3. The molecule has 1 atom stereocenters. The molecule has 0 spiro atoms. The van der Waals surface area contributed by atoms with E-state index in [0.717, 1.165) is 32.2 Å². The van der Waals surface area contributed by atoms with Gasteiger partial charge < -0.3 is 20.1 Å². The van der Waals surface area contributed by atoms with Crippen LogP contribution in [0.5, 0.6) is 0 Å². The topological polar surface area (TPSA) is 58.1 Å². The van der Waals surface area contributed by atoms with Crippen LogP contribution < -0.4 is 10.6 Å². The molecule has 2 N–H and O–H groups in total. The number of nitrogens with zero attached hydrogens (tertiary/aromatic N) is 2. The Labute approximate surface area is 164 Å². The van der Waals surface area contributed by atoms with Gasteiger partial charge in [-0.2, -0.15) is 0 Å². The Morgan fingerprint density at radius 2 is 2.00 bits per heavy atom. The fourth-order valence-corrected chi connectivity index (χ4v) is 3.45. The predicted molar refractivity (Wildman–Crippen MR) is 111 cm³/mol. The molecule has 0 aromatic heterocycles. The third-order valence-electron chi connectivity index (χ3n) is 4.93. The fourth-order valence-electron chi connectivity index (χ4n) is 3.45. The van der Waals surface area contributed by atoms with Gasteiger partial charge >= 0.3 is 0 Å². The maximum atomic E-state index is 5.65. The Kier molecular flexibility index (Phi) is 10.2. The second kappa shape index (κ2) is 12.7. The third-order valence-corrected chi connectivity index (χ3v) is 4.93. The molecule has 0 radical (unpaired) electrons. The summed E-state index contributed by atoms with van der Waals surface area (Å²) in [7, 11) is 1.82. The Balaban J connectivity index is 1.73. The zero-order valence-electron chi connectivity index (χ0n) is 17.2. The summed E-state index contributed by atoms with van der Waals surface area (Å²) in [5.41, 5.74) is 2.40. The Morgan fingerprint density at radius 3 is 2.78 bits per heavy atom. The summed E-state index contributed by atoms with van der Waals surface area (Å²) < 4.78 is 10.9. The van der Waals surface area contributed by atoms with Crippen LogP contribution in [0, 0.1) is 0 Å². The van der Waals surface area contributed by atoms with Crippen LogP contribution in [0.4, 0.5) is 0 Å². The van der Waals surface area contributed by atoms with E-state index in [1.54, 1.807) is 0 Å². The molecular weight excluding hydrogens is 340 g/mol. The van der Waals surface area contributed by atoms with Crippen LogP contribution >= 0.6 is 0 Å². The second-order valence-corrected chi connectivity index (χ2v) is 6.80. The first-order valence-electron chi connectivity index (χ1n) is 10.2. The number of likely N-dealkylation sites (tertiary alicyclic amines) is 1. The molecule has 2 rings (SSSR count). The van der Waals surface area contributed by atoms with Crippen LogP contribution in [0.15, 0.2) is 29.3 Å². The van der Waals surface area contributed by atoms with E-state index in [4.69, 9.17) is 9.47 Å². The predicted octanol–water partition coefficient (Wildman–Crippen LogP) is 2.39. The highest BCUT2D eigenvalue weighted by Crippen LogP contribution is 2.15. The van der Waals surface area contributed by atoms with Gasteiger partial charge in [-0.05, 0) is 44.0 Å². The van der Waals surface area contributed by atoms with Gasteiger partial charge in [0.25, 0.3) is 0 Å². The maximum absolute atomic E-state index is 5.65. The number of hydrogen-bond donors (Lipinski definition) is 2. The number of benzene rings is 1. The van der Waals surface area contributed by atoms with Crippen molar-refractivity contribution in [2.24, 2.45) is 4.99 Å². The van der Waals surface area contributed by atoms with Gasteiger partial charge in [0.05, 0.1) is 19.8 Å². The molecular formula is C21H36N4O2. The van der Waals surface area contributed by atoms with Crippen LogP contribution in [0.2, 0.25) is 0 Å². The first-order chi connectivity index (χ1) is 13.3. The third kappa shape index (κ3) is 7.87. The lowest BCUT2D eigenvalue weighted by molar-refractivity contribution is 0.0453. The summed E-state index contributed by atoms with van der Waals surface area (Å²) in [5, 5.41) is 6.89. The summed E-state index contributed by atoms with van der Waals surface area (Å²) in [5.74, 6) is 0.858. The van der Waals surface area contributed by atoms with Gasteiger partial charge in [0, 0.05) is 32.8 Å². The number of hydrogen-bond acceptors (Lipinski definition) is 4. The number of rotatable bonds is 11. The lowest BCUT2D eigenvalue weighted by Gasteiger charge is -2.24.